The van der Waals surface area contributed by atoms with Gasteiger partial charge in [0.25, 0.3) is 5.91 Å². The molecule has 28 heavy (non-hydrogen) atoms. The molecule has 0 saturated carbocycles. The van der Waals surface area contributed by atoms with Gasteiger partial charge in [-0.05, 0) is 51.1 Å². The lowest BCUT2D eigenvalue weighted by Gasteiger charge is -2.30. The van der Waals surface area contributed by atoms with E-state index in [9.17, 15) is 14.4 Å². The zero-order valence-electron chi connectivity index (χ0n) is 16.6. The van der Waals surface area contributed by atoms with E-state index < -0.39 is 0 Å². The van der Waals surface area contributed by atoms with E-state index in [-0.39, 0.29) is 30.2 Å². The van der Waals surface area contributed by atoms with Crippen molar-refractivity contribution in [1.29, 1.82) is 0 Å². The van der Waals surface area contributed by atoms with Crippen LogP contribution >= 0.6 is 11.3 Å². The van der Waals surface area contributed by atoms with Crippen LogP contribution in [0.15, 0.2) is 23.6 Å². The van der Waals surface area contributed by atoms with Crippen molar-refractivity contribution in [3.63, 3.8) is 0 Å². The third kappa shape index (κ3) is 4.19. The number of ether oxygens (including phenoxy) is 1. The Morgan fingerprint density at radius 1 is 1.21 bits per heavy atom. The molecule has 1 amide bonds. The minimum Gasteiger partial charge on any atom is -0.457 e. The Bertz CT molecular complexity index is 861. The second kappa shape index (κ2) is 8.73. The van der Waals surface area contributed by atoms with Crippen LogP contribution in [0.3, 0.4) is 0 Å². The highest BCUT2D eigenvalue weighted by molar-refractivity contribution is 7.12. The molecule has 0 aromatic carbocycles. The quantitative estimate of drug-likeness (QED) is 0.548. The maximum absolute atomic E-state index is 12.5. The van der Waals surface area contributed by atoms with Crippen molar-refractivity contribution >= 4 is 29.0 Å². The number of rotatable bonds is 6. The highest BCUT2D eigenvalue weighted by atomic mass is 32.1. The molecule has 150 valence electrons. The number of thiophene rings is 1. The number of likely N-dealkylation sites (tertiary alicyclic amines) is 1. The predicted molar refractivity (Wildman–Crippen MR) is 108 cm³/mol. The van der Waals surface area contributed by atoms with Crippen LogP contribution in [0.2, 0.25) is 0 Å². The Kier molecular flexibility index (Phi) is 6.34. The average molecular weight is 403 g/mol. The fraction of sp³-hybridized carbons (Fsp3) is 0.476. The summed E-state index contributed by atoms with van der Waals surface area (Å²) >= 11 is 1.42. The zero-order valence-corrected chi connectivity index (χ0v) is 17.4. The minimum absolute atomic E-state index is 0.0169. The summed E-state index contributed by atoms with van der Waals surface area (Å²) in [5, 5.41) is 1.88. The molecule has 0 spiro atoms. The summed E-state index contributed by atoms with van der Waals surface area (Å²) in [6.07, 6.45) is 1.13. The van der Waals surface area contributed by atoms with Crippen LogP contribution in [0.5, 0.6) is 0 Å². The third-order valence-electron chi connectivity index (χ3n) is 5.38. The number of carbonyl (C=O) groups is 3. The fourth-order valence-corrected chi connectivity index (χ4v) is 4.47. The Balaban J connectivity index is 1.50. The van der Waals surface area contributed by atoms with Crippen LogP contribution in [0.1, 0.15) is 51.2 Å². The number of amides is 1. The van der Waals surface area contributed by atoms with E-state index in [0.29, 0.717) is 31.5 Å². The van der Waals surface area contributed by atoms with Crippen molar-refractivity contribution in [3.8, 4) is 0 Å². The summed E-state index contributed by atoms with van der Waals surface area (Å²) in [4.78, 5) is 39.7. The Labute approximate surface area is 169 Å². The van der Waals surface area contributed by atoms with Crippen LogP contribution in [-0.2, 0) is 16.1 Å². The molecule has 0 atom stereocenters. The summed E-state index contributed by atoms with van der Waals surface area (Å²) in [6, 6.07) is 5.52. The number of aromatic nitrogens is 1. The molecular weight excluding hydrogens is 376 g/mol. The van der Waals surface area contributed by atoms with Crippen molar-refractivity contribution < 1.29 is 19.1 Å². The van der Waals surface area contributed by atoms with E-state index in [2.05, 4.69) is 4.57 Å². The Hall–Kier alpha value is -2.41. The molecule has 0 aliphatic carbocycles. The summed E-state index contributed by atoms with van der Waals surface area (Å²) in [7, 11) is 0. The van der Waals surface area contributed by atoms with Gasteiger partial charge in [-0.25, -0.2) is 0 Å². The molecule has 3 heterocycles. The molecule has 0 bridgehead atoms. The average Bonchev–Trinajstić information content (AvgIpc) is 3.33. The van der Waals surface area contributed by atoms with Crippen molar-refractivity contribution in [2.75, 3.05) is 19.7 Å². The molecule has 1 saturated heterocycles. The van der Waals surface area contributed by atoms with E-state index >= 15 is 0 Å². The van der Waals surface area contributed by atoms with E-state index in [0.717, 1.165) is 22.8 Å². The summed E-state index contributed by atoms with van der Waals surface area (Å²) < 4.78 is 7.37. The second-order valence-corrected chi connectivity index (χ2v) is 8.05. The summed E-state index contributed by atoms with van der Waals surface area (Å²) in [5.74, 6) is -0.765. The molecule has 0 N–H and O–H groups in total. The Morgan fingerprint density at radius 3 is 2.50 bits per heavy atom. The maximum atomic E-state index is 12.5. The second-order valence-electron chi connectivity index (χ2n) is 7.10. The van der Waals surface area contributed by atoms with Crippen molar-refractivity contribution in [2.45, 2.75) is 40.2 Å². The molecule has 6 nitrogen and oxygen atoms in total. The van der Waals surface area contributed by atoms with Gasteiger partial charge < -0.3 is 14.2 Å². The van der Waals surface area contributed by atoms with Crippen molar-refractivity contribution in [1.82, 2.24) is 9.47 Å². The molecular formula is C21H26N2O4S. The number of hydrogen-bond donors (Lipinski definition) is 0. The van der Waals surface area contributed by atoms with Gasteiger partial charge in [0.05, 0.1) is 10.8 Å². The molecule has 2 aromatic heterocycles. The Morgan fingerprint density at radius 2 is 1.93 bits per heavy atom. The van der Waals surface area contributed by atoms with Crippen LogP contribution in [0.4, 0.5) is 0 Å². The van der Waals surface area contributed by atoms with Crippen LogP contribution in [0, 0.1) is 19.8 Å². The first-order valence-corrected chi connectivity index (χ1v) is 10.5. The van der Waals surface area contributed by atoms with Gasteiger partial charge in [0.2, 0.25) is 5.78 Å². The van der Waals surface area contributed by atoms with Gasteiger partial charge in [-0.15, -0.1) is 11.3 Å². The number of nitrogens with zero attached hydrogens (tertiary/aromatic N) is 2. The smallest absolute Gasteiger partial charge is 0.309 e. The van der Waals surface area contributed by atoms with E-state index in [4.69, 9.17) is 4.74 Å². The molecule has 0 unspecified atom stereocenters. The topological polar surface area (TPSA) is 68.6 Å². The lowest BCUT2D eigenvalue weighted by Crippen LogP contribution is -2.40. The standard InChI is InChI=1S/C21H26N2O4S/c1-4-23-14(2)12-17(15(23)3)18(24)13-27-21(26)16-7-9-22(10-8-16)20(25)19-6-5-11-28-19/h5-6,11-12,16H,4,7-10,13H2,1-3H3. The van der Waals surface area contributed by atoms with Gasteiger partial charge >= 0.3 is 5.97 Å². The van der Waals surface area contributed by atoms with Crippen molar-refractivity contribution in [2.24, 2.45) is 5.92 Å². The molecule has 7 heteroatoms. The highest BCUT2D eigenvalue weighted by Gasteiger charge is 2.29. The number of piperidine rings is 1. The van der Waals surface area contributed by atoms with Gasteiger partial charge in [0, 0.05) is 36.6 Å². The largest absolute Gasteiger partial charge is 0.457 e. The molecule has 1 fully saturated rings. The number of hydrogen-bond acceptors (Lipinski definition) is 5. The number of esters is 1. The summed E-state index contributed by atoms with van der Waals surface area (Å²) in [5.41, 5.74) is 2.54. The lowest BCUT2D eigenvalue weighted by atomic mass is 9.97. The van der Waals surface area contributed by atoms with Crippen molar-refractivity contribution in [3.05, 3.63) is 45.4 Å². The monoisotopic (exact) mass is 402 g/mol. The summed E-state index contributed by atoms with van der Waals surface area (Å²) in [6.45, 7) is 7.53. The van der Waals surface area contributed by atoms with Crippen LogP contribution in [0.25, 0.3) is 0 Å². The molecule has 0 radical (unpaired) electrons. The first kappa shape index (κ1) is 20.3. The highest BCUT2D eigenvalue weighted by Crippen LogP contribution is 2.22. The minimum atomic E-state index is -0.346. The first-order valence-electron chi connectivity index (χ1n) is 9.61. The van der Waals surface area contributed by atoms with Crippen LogP contribution in [-0.4, -0.2) is 46.8 Å². The normalized spacial score (nSPS) is 14.9. The van der Waals surface area contributed by atoms with E-state index in [1.165, 1.54) is 11.3 Å². The maximum Gasteiger partial charge on any atom is 0.309 e. The van der Waals surface area contributed by atoms with Gasteiger partial charge in [-0.1, -0.05) is 6.07 Å². The third-order valence-corrected chi connectivity index (χ3v) is 6.24. The molecule has 1 aliphatic heterocycles. The zero-order chi connectivity index (χ0) is 20.3. The first-order chi connectivity index (χ1) is 13.4. The lowest BCUT2D eigenvalue weighted by molar-refractivity contribution is -0.148. The SMILES string of the molecule is CCn1c(C)cc(C(=O)COC(=O)C2CCN(C(=O)c3cccs3)CC2)c1C. The number of carbonyl (C=O) groups excluding carboxylic acids is 3. The van der Waals surface area contributed by atoms with Gasteiger partial charge in [-0.2, -0.15) is 0 Å². The van der Waals surface area contributed by atoms with Gasteiger partial charge in [-0.3, -0.25) is 14.4 Å². The van der Waals surface area contributed by atoms with E-state index in [1.54, 1.807) is 4.90 Å². The molecule has 2 aromatic rings. The number of Topliss-reactive ketones (excluding diaryl/α,β-unsaturated/α-hetero) is 1. The number of ketones is 1. The van der Waals surface area contributed by atoms with Gasteiger partial charge in [0.1, 0.15) is 0 Å². The van der Waals surface area contributed by atoms with E-state index in [1.807, 2.05) is 44.4 Å². The number of aryl methyl sites for hydroxylation is 1. The molecule has 1 aliphatic rings. The fourth-order valence-electron chi connectivity index (χ4n) is 3.78. The molecule has 3 rings (SSSR count). The van der Waals surface area contributed by atoms with Gasteiger partial charge in [0.15, 0.2) is 6.61 Å². The van der Waals surface area contributed by atoms with Crippen LogP contribution < -0.4 is 0 Å². The predicted octanol–water partition coefficient (Wildman–Crippen LogP) is 3.46.